The number of nitrogens with one attached hydrogen (secondary N) is 1. The maximum atomic E-state index is 12.9. The first-order valence-electron chi connectivity index (χ1n) is 6.04. The van der Waals surface area contributed by atoms with Crippen LogP contribution in [0.1, 0.15) is 25.8 Å². The Labute approximate surface area is 120 Å². The van der Waals surface area contributed by atoms with Gasteiger partial charge in [0.1, 0.15) is 11.1 Å². The van der Waals surface area contributed by atoms with Crippen LogP contribution in [0.2, 0.25) is 5.02 Å². The van der Waals surface area contributed by atoms with Crippen LogP contribution >= 0.6 is 11.6 Å². The molecule has 6 heteroatoms. The number of carbonyl (C=O) groups excluding carboxylic acids is 1. The van der Waals surface area contributed by atoms with Gasteiger partial charge in [0, 0.05) is 22.4 Å². The molecular formula is C13H17ClFNO2S. The first-order valence-corrected chi connectivity index (χ1v) is 7.80. The standard InChI is InChI=1S/C13H17ClFNO2S/c1-3-6-16-13(17)9(2)19(18)8-10-4-5-11(15)7-12(10)14/h4-5,7,9H,3,6,8H2,1-2H3,(H,16,17)/t9-,19-/m1/s1. The molecule has 0 bridgehead atoms. The van der Waals surface area contributed by atoms with E-state index in [0.717, 1.165) is 6.42 Å². The largest absolute Gasteiger partial charge is 0.355 e. The van der Waals surface area contributed by atoms with E-state index in [9.17, 15) is 13.4 Å². The van der Waals surface area contributed by atoms with Crippen molar-refractivity contribution < 1.29 is 13.4 Å². The summed E-state index contributed by atoms with van der Waals surface area (Å²) in [6.07, 6.45) is 0.828. The Morgan fingerprint density at radius 1 is 1.53 bits per heavy atom. The lowest BCUT2D eigenvalue weighted by Gasteiger charge is -2.12. The first-order chi connectivity index (χ1) is 8.95. The Morgan fingerprint density at radius 3 is 2.79 bits per heavy atom. The van der Waals surface area contributed by atoms with Gasteiger partial charge in [0.15, 0.2) is 0 Å². The quantitative estimate of drug-likeness (QED) is 0.878. The lowest BCUT2D eigenvalue weighted by molar-refractivity contribution is -0.120. The minimum atomic E-state index is -1.39. The van der Waals surface area contributed by atoms with E-state index in [0.29, 0.717) is 12.1 Å². The zero-order valence-corrected chi connectivity index (χ0v) is 12.5. The number of halogens is 2. The summed E-state index contributed by atoms with van der Waals surface area (Å²) in [5, 5.41) is 2.31. The van der Waals surface area contributed by atoms with Crippen molar-refractivity contribution in [2.45, 2.75) is 31.3 Å². The Balaban J connectivity index is 2.66. The lowest BCUT2D eigenvalue weighted by atomic mass is 10.2. The fourth-order valence-electron chi connectivity index (χ4n) is 1.43. The molecule has 0 aliphatic heterocycles. The van der Waals surface area contributed by atoms with Gasteiger partial charge < -0.3 is 5.32 Å². The van der Waals surface area contributed by atoms with Crippen molar-refractivity contribution in [1.82, 2.24) is 5.32 Å². The van der Waals surface area contributed by atoms with Crippen LogP contribution in [0.4, 0.5) is 4.39 Å². The van der Waals surface area contributed by atoms with Gasteiger partial charge in [-0.1, -0.05) is 24.6 Å². The normalized spacial score (nSPS) is 13.9. The molecule has 0 aromatic heterocycles. The summed E-state index contributed by atoms with van der Waals surface area (Å²) < 4.78 is 24.9. The SMILES string of the molecule is CCCNC(=O)[C@@H](C)[S@](=O)Cc1ccc(F)cc1Cl. The van der Waals surface area contributed by atoms with E-state index in [1.54, 1.807) is 6.92 Å². The predicted octanol–water partition coefficient (Wildman–Crippen LogP) is 2.64. The highest BCUT2D eigenvalue weighted by atomic mass is 35.5. The van der Waals surface area contributed by atoms with Crippen molar-refractivity contribution in [3.05, 3.63) is 34.6 Å². The summed E-state index contributed by atoms with van der Waals surface area (Å²) in [6.45, 7) is 4.12. The molecular weight excluding hydrogens is 289 g/mol. The third kappa shape index (κ3) is 4.91. The van der Waals surface area contributed by atoms with E-state index >= 15 is 0 Å². The number of amides is 1. The minimum absolute atomic E-state index is 0.139. The Bertz CT molecular complexity index is 482. The molecule has 1 aromatic rings. The smallest absolute Gasteiger partial charge is 0.235 e. The second-order valence-electron chi connectivity index (χ2n) is 4.19. The van der Waals surface area contributed by atoms with E-state index in [1.165, 1.54) is 18.2 Å². The minimum Gasteiger partial charge on any atom is -0.355 e. The van der Waals surface area contributed by atoms with Gasteiger partial charge in [0.05, 0.1) is 5.75 Å². The maximum Gasteiger partial charge on any atom is 0.235 e. The topological polar surface area (TPSA) is 46.2 Å². The molecule has 0 spiro atoms. The zero-order valence-electron chi connectivity index (χ0n) is 10.9. The lowest BCUT2D eigenvalue weighted by Crippen LogP contribution is -2.36. The van der Waals surface area contributed by atoms with E-state index in [2.05, 4.69) is 5.32 Å². The van der Waals surface area contributed by atoms with Crippen LogP contribution < -0.4 is 5.32 Å². The fourth-order valence-corrected chi connectivity index (χ4v) is 2.87. The highest BCUT2D eigenvalue weighted by Crippen LogP contribution is 2.19. The molecule has 0 saturated carbocycles. The summed E-state index contributed by atoms with van der Waals surface area (Å²) in [5.74, 6) is -0.536. The van der Waals surface area contributed by atoms with E-state index in [4.69, 9.17) is 11.6 Å². The second kappa shape index (κ2) is 7.60. The summed E-state index contributed by atoms with van der Waals surface area (Å²) in [4.78, 5) is 11.7. The molecule has 0 aliphatic rings. The maximum absolute atomic E-state index is 12.9. The highest BCUT2D eigenvalue weighted by molar-refractivity contribution is 7.85. The highest BCUT2D eigenvalue weighted by Gasteiger charge is 2.20. The predicted molar refractivity (Wildman–Crippen MR) is 76.0 cm³/mol. The van der Waals surface area contributed by atoms with Crippen LogP contribution in [-0.4, -0.2) is 21.9 Å². The van der Waals surface area contributed by atoms with Gasteiger partial charge in [-0.2, -0.15) is 0 Å². The third-order valence-electron chi connectivity index (χ3n) is 2.63. The molecule has 1 aromatic carbocycles. The van der Waals surface area contributed by atoms with Crippen molar-refractivity contribution in [3.8, 4) is 0 Å². The molecule has 0 saturated heterocycles. The van der Waals surface area contributed by atoms with Crippen LogP contribution in [0.25, 0.3) is 0 Å². The summed E-state index contributed by atoms with van der Waals surface area (Å²) in [6, 6.07) is 3.93. The molecule has 2 atom stereocenters. The van der Waals surface area contributed by atoms with Crippen molar-refractivity contribution >= 4 is 28.3 Å². The molecule has 1 rings (SSSR count). The Kier molecular flexibility index (Phi) is 6.45. The molecule has 0 unspecified atom stereocenters. The van der Waals surface area contributed by atoms with Gasteiger partial charge in [-0.25, -0.2) is 4.39 Å². The van der Waals surface area contributed by atoms with Crippen LogP contribution in [-0.2, 0) is 21.3 Å². The Hall–Kier alpha value is -0.940. The summed E-state index contributed by atoms with van der Waals surface area (Å²) in [7, 11) is -1.39. The average Bonchev–Trinajstić information content (AvgIpc) is 2.38. The first kappa shape index (κ1) is 16.1. The molecule has 1 amide bonds. The molecule has 1 N–H and O–H groups in total. The van der Waals surface area contributed by atoms with Crippen LogP contribution in [0.3, 0.4) is 0 Å². The Morgan fingerprint density at radius 2 is 2.21 bits per heavy atom. The fraction of sp³-hybridized carbons (Fsp3) is 0.462. The van der Waals surface area contributed by atoms with Crippen LogP contribution in [0, 0.1) is 5.82 Å². The average molecular weight is 306 g/mol. The number of benzene rings is 1. The number of carbonyl (C=O) groups is 1. The monoisotopic (exact) mass is 305 g/mol. The van der Waals surface area contributed by atoms with Crippen molar-refractivity contribution in [1.29, 1.82) is 0 Å². The van der Waals surface area contributed by atoms with Crippen molar-refractivity contribution in [2.24, 2.45) is 0 Å². The van der Waals surface area contributed by atoms with Gasteiger partial charge in [-0.3, -0.25) is 9.00 Å². The van der Waals surface area contributed by atoms with Crippen LogP contribution in [0.5, 0.6) is 0 Å². The summed E-state index contributed by atoms with van der Waals surface area (Å²) >= 11 is 5.87. The molecule has 0 aliphatic carbocycles. The molecule has 3 nitrogen and oxygen atoms in total. The molecule has 106 valence electrons. The zero-order chi connectivity index (χ0) is 14.4. The van der Waals surface area contributed by atoms with Crippen molar-refractivity contribution in [3.63, 3.8) is 0 Å². The van der Waals surface area contributed by atoms with E-state index in [1.807, 2.05) is 6.92 Å². The number of hydrogen-bond donors (Lipinski definition) is 1. The van der Waals surface area contributed by atoms with Gasteiger partial charge in [0.25, 0.3) is 0 Å². The van der Waals surface area contributed by atoms with Gasteiger partial charge in [-0.15, -0.1) is 0 Å². The van der Waals surface area contributed by atoms with Gasteiger partial charge in [0.2, 0.25) is 5.91 Å². The second-order valence-corrected chi connectivity index (χ2v) is 6.36. The summed E-state index contributed by atoms with van der Waals surface area (Å²) in [5.41, 5.74) is 0.580. The van der Waals surface area contributed by atoms with E-state index < -0.39 is 21.9 Å². The molecule has 0 radical (unpaired) electrons. The van der Waals surface area contributed by atoms with E-state index in [-0.39, 0.29) is 16.7 Å². The third-order valence-corrected chi connectivity index (χ3v) is 4.58. The number of hydrogen-bond acceptors (Lipinski definition) is 2. The molecule has 0 fully saturated rings. The van der Waals surface area contributed by atoms with Crippen LogP contribution in [0.15, 0.2) is 18.2 Å². The number of rotatable bonds is 6. The molecule has 19 heavy (non-hydrogen) atoms. The van der Waals surface area contributed by atoms with Gasteiger partial charge in [-0.05, 0) is 31.0 Å². The van der Waals surface area contributed by atoms with Gasteiger partial charge >= 0.3 is 0 Å². The molecule has 0 heterocycles. The van der Waals surface area contributed by atoms with Crippen molar-refractivity contribution in [2.75, 3.05) is 6.54 Å².